The Hall–Kier alpha value is -3.87. The first-order valence-electron chi connectivity index (χ1n) is 16.4. The second-order valence-corrected chi connectivity index (χ2v) is 13.0. The number of phenols is 3. The Morgan fingerprint density at radius 2 is 1.26 bits per heavy atom. The molecule has 12 N–H and O–H groups in total. The average Bonchev–Trinajstić information content (AvgIpc) is 3.12. The van der Waals surface area contributed by atoms with E-state index in [1.165, 1.54) is 19.9 Å². The topological polar surface area (TPSA) is 328 Å². The molecule has 20 nitrogen and oxygen atoms in total. The quantitative estimate of drug-likeness (QED) is 0.101. The highest BCUT2D eigenvalue weighted by atomic mass is 16.8. The molecule has 1 aromatic heterocycles. The van der Waals surface area contributed by atoms with Crippen LogP contribution in [0.5, 0.6) is 28.7 Å². The number of benzene rings is 2. The first-order chi connectivity index (χ1) is 25.0. The Kier molecular flexibility index (Phi) is 11.1. The van der Waals surface area contributed by atoms with E-state index in [4.69, 9.17) is 32.8 Å². The smallest absolute Gasteiger partial charge is 0.239 e. The van der Waals surface area contributed by atoms with E-state index in [0.29, 0.717) is 0 Å². The molecule has 20 heteroatoms. The van der Waals surface area contributed by atoms with Crippen molar-refractivity contribution in [3.8, 4) is 40.1 Å². The summed E-state index contributed by atoms with van der Waals surface area (Å²) in [6, 6.07) is 5.29. The van der Waals surface area contributed by atoms with Gasteiger partial charge in [-0.05, 0) is 32.0 Å². The highest BCUT2D eigenvalue weighted by Gasteiger charge is 2.51. The molecule has 3 aromatic rings. The van der Waals surface area contributed by atoms with Crippen LogP contribution in [0.25, 0.3) is 22.3 Å². The van der Waals surface area contributed by atoms with Gasteiger partial charge in [-0.1, -0.05) is 0 Å². The van der Waals surface area contributed by atoms with Crippen LogP contribution in [0.15, 0.2) is 39.5 Å². The van der Waals surface area contributed by atoms with Crippen LogP contribution in [0, 0.1) is 0 Å². The van der Waals surface area contributed by atoms with Gasteiger partial charge in [0.25, 0.3) is 0 Å². The average molecular weight is 757 g/mol. The molecular weight excluding hydrogens is 716 g/mol. The van der Waals surface area contributed by atoms with Gasteiger partial charge in [0.05, 0.1) is 18.8 Å². The molecule has 0 bridgehead atoms. The minimum Gasteiger partial charge on any atom is -0.507 e. The summed E-state index contributed by atoms with van der Waals surface area (Å²) in [5, 5.41) is 124. The van der Waals surface area contributed by atoms with E-state index in [1.807, 2.05) is 0 Å². The van der Waals surface area contributed by atoms with Gasteiger partial charge in [-0.25, -0.2) is 0 Å². The van der Waals surface area contributed by atoms with Gasteiger partial charge in [0, 0.05) is 17.7 Å². The Labute approximate surface area is 298 Å². The van der Waals surface area contributed by atoms with Crippen molar-refractivity contribution in [1.29, 1.82) is 0 Å². The van der Waals surface area contributed by atoms with E-state index >= 15 is 0 Å². The van der Waals surface area contributed by atoms with Crippen LogP contribution in [-0.4, -0.2) is 160 Å². The molecule has 3 fully saturated rings. The Morgan fingerprint density at radius 1 is 0.642 bits per heavy atom. The van der Waals surface area contributed by atoms with Gasteiger partial charge in [0.15, 0.2) is 29.7 Å². The predicted octanol–water partition coefficient (Wildman–Crippen LogP) is -3.19. The highest BCUT2D eigenvalue weighted by molar-refractivity contribution is 5.88. The molecule has 0 unspecified atom stereocenters. The summed E-state index contributed by atoms with van der Waals surface area (Å²) in [6.45, 7) is 1.90. The summed E-state index contributed by atoms with van der Waals surface area (Å²) in [7, 11) is 0. The fraction of sp³-hybridized carbons (Fsp3) is 0.545. The first-order valence-corrected chi connectivity index (χ1v) is 16.4. The third kappa shape index (κ3) is 7.22. The van der Waals surface area contributed by atoms with Gasteiger partial charge >= 0.3 is 0 Å². The molecule has 0 amide bonds. The lowest BCUT2D eigenvalue weighted by atomic mass is 9.97. The summed E-state index contributed by atoms with van der Waals surface area (Å²) < 4.78 is 39.9. The van der Waals surface area contributed by atoms with Crippen LogP contribution < -0.4 is 14.9 Å². The number of aliphatic hydroxyl groups excluding tert-OH is 9. The third-order valence-electron chi connectivity index (χ3n) is 9.36. The molecule has 6 rings (SSSR count). The molecule has 3 saturated heterocycles. The molecule has 3 aliphatic rings. The molecule has 4 heterocycles. The predicted molar refractivity (Wildman–Crippen MR) is 172 cm³/mol. The Bertz CT molecular complexity index is 1830. The largest absolute Gasteiger partial charge is 0.507 e. The van der Waals surface area contributed by atoms with Crippen molar-refractivity contribution in [3.63, 3.8) is 0 Å². The van der Waals surface area contributed by atoms with Crippen molar-refractivity contribution in [2.75, 3.05) is 6.61 Å². The van der Waals surface area contributed by atoms with Gasteiger partial charge in [-0.15, -0.1) is 0 Å². The zero-order valence-corrected chi connectivity index (χ0v) is 27.9. The fourth-order valence-electron chi connectivity index (χ4n) is 6.23. The van der Waals surface area contributed by atoms with Crippen LogP contribution in [0.3, 0.4) is 0 Å². The number of hydrogen-bond donors (Lipinski definition) is 12. The number of phenolic OH excluding ortho intramolecular Hbond substituents is 3. The molecule has 53 heavy (non-hydrogen) atoms. The van der Waals surface area contributed by atoms with Gasteiger partial charge < -0.3 is 94.1 Å². The lowest BCUT2D eigenvalue weighted by Gasteiger charge is -2.45. The second-order valence-electron chi connectivity index (χ2n) is 13.0. The zero-order chi connectivity index (χ0) is 38.6. The van der Waals surface area contributed by atoms with E-state index in [-0.39, 0.29) is 16.9 Å². The Morgan fingerprint density at radius 3 is 1.89 bits per heavy atom. The molecule has 2 aromatic carbocycles. The summed E-state index contributed by atoms with van der Waals surface area (Å²) in [6.07, 6.45) is -24.6. The van der Waals surface area contributed by atoms with Gasteiger partial charge in [0.1, 0.15) is 77.4 Å². The normalized spacial score (nSPS) is 37.8. The second kappa shape index (κ2) is 15.1. The molecular formula is C33H40O20. The third-order valence-corrected chi connectivity index (χ3v) is 9.36. The van der Waals surface area contributed by atoms with E-state index in [2.05, 4.69) is 0 Å². The van der Waals surface area contributed by atoms with Crippen molar-refractivity contribution in [3.05, 3.63) is 40.6 Å². The Balaban J connectivity index is 1.43. The highest BCUT2D eigenvalue weighted by Crippen LogP contribution is 2.40. The summed E-state index contributed by atoms with van der Waals surface area (Å²) in [5.74, 6) is -3.49. The molecule has 3 aliphatic heterocycles. The standard InChI is InChI=1S/C33H40O20/c1-9-19(38)23(42)26(45)31(47-9)49-12-6-15(37)18-16(7-12)50-28(11-3-4-13(35)14(36)5-11)29(22(18)41)52-33-30(25(44)21(40)17(8-34)51-33)53-32-27(46)24(43)20(39)10(2)48-32/h3-7,9-10,17,19-21,23-27,30-40,42-46H,8H2,1-2H3/t9-,10-,17+,19-,20-,21+,23+,24+,25-,26+,27+,30+,31-,32-,33-/m1/s1. The molecule has 0 aliphatic carbocycles. The van der Waals surface area contributed by atoms with E-state index < -0.39 is 138 Å². The van der Waals surface area contributed by atoms with Gasteiger partial charge in [-0.3, -0.25) is 4.79 Å². The van der Waals surface area contributed by atoms with Crippen LogP contribution >= 0.6 is 0 Å². The number of fused-ring (bicyclic) bond motifs is 1. The molecule has 15 atom stereocenters. The monoisotopic (exact) mass is 756 g/mol. The maximum Gasteiger partial charge on any atom is 0.239 e. The van der Waals surface area contributed by atoms with Crippen molar-refractivity contribution in [2.24, 2.45) is 0 Å². The van der Waals surface area contributed by atoms with Crippen LogP contribution in [0.1, 0.15) is 13.8 Å². The summed E-state index contributed by atoms with van der Waals surface area (Å²) in [5.41, 5.74) is -1.59. The molecule has 292 valence electrons. The minimum absolute atomic E-state index is 0.110. The number of aliphatic hydroxyl groups is 9. The molecule has 0 saturated carbocycles. The van der Waals surface area contributed by atoms with Gasteiger partial charge in [0.2, 0.25) is 23.8 Å². The number of ether oxygens (including phenoxy) is 6. The maximum atomic E-state index is 14.2. The lowest BCUT2D eigenvalue weighted by molar-refractivity contribution is -0.354. The fourth-order valence-corrected chi connectivity index (χ4v) is 6.23. The first kappa shape index (κ1) is 38.8. The van der Waals surface area contributed by atoms with Crippen molar-refractivity contribution >= 4 is 11.0 Å². The van der Waals surface area contributed by atoms with Crippen molar-refractivity contribution < 1.29 is 94.1 Å². The van der Waals surface area contributed by atoms with E-state index in [9.17, 15) is 66.1 Å². The summed E-state index contributed by atoms with van der Waals surface area (Å²) in [4.78, 5) is 14.2. The lowest BCUT2D eigenvalue weighted by Crippen LogP contribution is -2.64. The number of rotatable bonds is 8. The van der Waals surface area contributed by atoms with Crippen molar-refractivity contribution in [2.45, 2.75) is 106 Å². The zero-order valence-electron chi connectivity index (χ0n) is 27.9. The summed E-state index contributed by atoms with van der Waals surface area (Å²) >= 11 is 0. The van der Waals surface area contributed by atoms with E-state index in [0.717, 1.165) is 24.3 Å². The number of hydrogen-bond acceptors (Lipinski definition) is 20. The minimum atomic E-state index is -1.97. The van der Waals surface area contributed by atoms with E-state index in [1.54, 1.807) is 0 Å². The molecule has 0 spiro atoms. The number of aromatic hydroxyl groups is 3. The maximum absolute atomic E-state index is 14.2. The van der Waals surface area contributed by atoms with Crippen LogP contribution in [0.2, 0.25) is 0 Å². The SMILES string of the molecule is C[C@H]1O[C@H](Oc2cc(O)c3c(=O)c(O[C@H]4O[C@@H](CO)[C@H](O)[C@@H](O)[C@@H]4O[C@H]4O[C@H](C)[C@@H](O)[C@H](O)[C@@H]4O)c(-c4ccc(O)c(O)c4)oc3c2)[C@@H](O)[C@@H](O)[C@@H]1O. The van der Waals surface area contributed by atoms with Crippen LogP contribution in [-0.2, 0) is 18.9 Å². The van der Waals surface area contributed by atoms with Crippen LogP contribution in [0.4, 0.5) is 0 Å². The van der Waals surface area contributed by atoms with Gasteiger partial charge in [-0.2, -0.15) is 0 Å². The van der Waals surface area contributed by atoms with Crippen molar-refractivity contribution in [1.82, 2.24) is 0 Å². The molecule has 0 radical (unpaired) electrons.